The van der Waals surface area contributed by atoms with E-state index in [1.807, 2.05) is 6.07 Å². The predicted octanol–water partition coefficient (Wildman–Crippen LogP) is 3.73. The van der Waals surface area contributed by atoms with Crippen LogP contribution < -0.4 is 0 Å². The van der Waals surface area contributed by atoms with E-state index in [0.717, 1.165) is 17.5 Å². The Labute approximate surface area is 84.0 Å². The molecule has 0 aliphatic carbocycles. The van der Waals surface area contributed by atoms with E-state index in [2.05, 4.69) is 19.9 Å². The highest BCUT2D eigenvalue weighted by Gasteiger charge is 2.08. The minimum absolute atomic E-state index is 0.397. The van der Waals surface area contributed by atoms with E-state index in [0.29, 0.717) is 10.9 Å². The van der Waals surface area contributed by atoms with Gasteiger partial charge >= 0.3 is 0 Å². The lowest BCUT2D eigenvalue weighted by Crippen LogP contribution is -1.95. The van der Waals surface area contributed by atoms with Crippen LogP contribution in [-0.2, 0) is 0 Å². The van der Waals surface area contributed by atoms with Crippen LogP contribution in [0, 0.1) is 11.3 Å². The standard InChI is InChI=1S/C11H12ClN/c1-3-8(2)11-6-10(12)5-4-9(11)7-13/h4-6,8H,3H2,1-2H3. The minimum Gasteiger partial charge on any atom is -0.192 e. The van der Waals surface area contributed by atoms with E-state index >= 15 is 0 Å². The van der Waals surface area contributed by atoms with E-state index < -0.39 is 0 Å². The van der Waals surface area contributed by atoms with Crippen LogP contribution in [0.3, 0.4) is 0 Å². The normalized spacial score (nSPS) is 12.2. The average molecular weight is 194 g/mol. The van der Waals surface area contributed by atoms with Crippen LogP contribution >= 0.6 is 11.6 Å². The molecule has 0 amide bonds. The Morgan fingerprint density at radius 1 is 1.54 bits per heavy atom. The molecule has 68 valence electrons. The lowest BCUT2D eigenvalue weighted by atomic mass is 9.94. The number of halogens is 1. The highest BCUT2D eigenvalue weighted by atomic mass is 35.5. The summed E-state index contributed by atoms with van der Waals surface area (Å²) in [6.45, 7) is 4.21. The first-order valence-electron chi connectivity index (χ1n) is 4.38. The highest BCUT2D eigenvalue weighted by molar-refractivity contribution is 6.30. The maximum absolute atomic E-state index is 8.86. The summed E-state index contributed by atoms with van der Waals surface area (Å²) in [6.07, 6.45) is 1.02. The second-order valence-electron chi connectivity index (χ2n) is 3.15. The van der Waals surface area contributed by atoms with Crippen LogP contribution in [0.15, 0.2) is 18.2 Å². The fraction of sp³-hybridized carbons (Fsp3) is 0.364. The van der Waals surface area contributed by atoms with Gasteiger partial charge in [0.1, 0.15) is 0 Å². The van der Waals surface area contributed by atoms with E-state index in [1.54, 1.807) is 12.1 Å². The molecular formula is C11H12ClN. The zero-order chi connectivity index (χ0) is 9.84. The van der Waals surface area contributed by atoms with Crippen molar-refractivity contribution < 1.29 is 0 Å². The zero-order valence-corrected chi connectivity index (χ0v) is 8.60. The third-order valence-corrected chi connectivity index (χ3v) is 2.51. The largest absolute Gasteiger partial charge is 0.192 e. The molecule has 0 saturated heterocycles. The summed E-state index contributed by atoms with van der Waals surface area (Å²) < 4.78 is 0. The second-order valence-corrected chi connectivity index (χ2v) is 3.59. The van der Waals surface area contributed by atoms with Crippen LogP contribution in [0.4, 0.5) is 0 Å². The number of hydrogen-bond donors (Lipinski definition) is 0. The number of hydrogen-bond acceptors (Lipinski definition) is 1. The Morgan fingerprint density at radius 2 is 2.23 bits per heavy atom. The van der Waals surface area contributed by atoms with Crippen LogP contribution in [0.2, 0.25) is 5.02 Å². The van der Waals surface area contributed by atoms with E-state index in [-0.39, 0.29) is 0 Å². The maximum Gasteiger partial charge on any atom is 0.0994 e. The van der Waals surface area contributed by atoms with Gasteiger partial charge in [0.2, 0.25) is 0 Å². The number of benzene rings is 1. The van der Waals surface area contributed by atoms with Gasteiger partial charge in [-0.15, -0.1) is 0 Å². The first-order valence-corrected chi connectivity index (χ1v) is 4.76. The van der Waals surface area contributed by atoms with Crippen molar-refractivity contribution >= 4 is 11.6 Å². The van der Waals surface area contributed by atoms with Gasteiger partial charge in [-0.05, 0) is 36.1 Å². The summed E-state index contributed by atoms with van der Waals surface area (Å²) in [5, 5.41) is 9.56. The van der Waals surface area contributed by atoms with E-state index in [1.165, 1.54) is 0 Å². The summed E-state index contributed by atoms with van der Waals surface area (Å²) in [5.74, 6) is 0.397. The fourth-order valence-corrected chi connectivity index (χ4v) is 1.44. The van der Waals surface area contributed by atoms with Gasteiger partial charge in [-0.1, -0.05) is 25.4 Å². The Hall–Kier alpha value is -1.00. The van der Waals surface area contributed by atoms with Crippen LogP contribution in [0.25, 0.3) is 0 Å². The van der Waals surface area contributed by atoms with Crippen molar-refractivity contribution in [3.63, 3.8) is 0 Å². The third kappa shape index (κ3) is 2.23. The molecule has 0 aliphatic heterocycles. The minimum atomic E-state index is 0.397. The molecule has 0 fully saturated rings. The number of nitriles is 1. The Bertz CT molecular complexity index is 338. The van der Waals surface area contributed by atoms with Crippen LogP contribution in [-0.4, -0.2) is 0 Å². The highest BCUT2D eigenvalue weighted by Crippen LogP contribution is 2.25. The van der Waals surface area contributed by atoms with E-state index in [4.69, 9.17) is 16.9 Å². The SMILES string of the molecule is CCC(C)c1cc(Cl)ccc1C#N. The molecule has 1 nitrogen and oxygen atoms in total. The molecule has 0 radical (unpaired) electrons. The molecule has 2 heteroatoms. The molecule has 0 aromatic heterocycles. The van der Waals surface area contributed by atoms with Gasteiger partial charge in [-0.3, -0.25) is 0 Å². The lowest BCUT2D eigenvalue weighted by molar-refractivity contribution is 0.731. The molecule has 0 heterocycles. The molecular weight excluding hydrogens is 182 g/mol. The maximum atomic E-state index is 8.86. The molecule has 0 saturated carbocycles. The molecule has 13 heavy (non-hydrogen) atoms. The Morgan fingerprint density at radius 3 is 2.77 bits per heavy atom. The van der Waals surface area contributed by atoms with Crippen LogP contribution in [0.5, 0.6) is 0 Å². The van der Waals surface area contributed by atoms with E-state index in [9.17, 15) is 0 Å². The number of rotatable bonds is 2. The predicted molar refractivity (Wildman–Crippen MR) is 54.9 cm³/mol. The summed E-state index contributed by atoms with van der Waals surface area (Å²) in [5.41, 5.74) is 1.79. The smallest absolute Gasteiger partial charge is 0.0994 e. The third-order valence-electron chi connectivity index (χ3n) is 2.28. The monoisotopic (exact) mass is 193 g/mol. The summed E-state index contributed by atoms with van der Waals surface area (Å²) >= 11 is 5.87. The topological polar surface area (TPSA) is 23.8 Å². The number of nitrogens with zero attached hydrogens (tertiary/aromatic N) is 1. The summed E-state index contributed by atoms with van der Waals surface area (Å²) in [4.78, 5) is 0. The van der Waals surface area contributed by atoms with Gasteiger partial charge in [0.15, 0.2) is 0 Å². The first kappa shape index (κ1) is 10.1. The van der Waals surface area contributed by atoms with Gasteiger partial charge in [0.05, 0.1) is 11.6 Å². The van der Waals surface area contributed by atoms with Crippen molar-refractivity contribution in [3.8, 4) is 6.07 Å². The van der Waals surface area contributed by atoms with Gasteiger partial charge < -0.3 is 0 Å². The quantitative estimate of drug-likeness (QED) is 0.702. The van der Waals surface area contributed by atoms with Crippen molar-refractivity contribution in [3.05, 3.63) is 34.3 Å². The van der Waals surface area contributed by atoms with Crippen molar-refractivity contribution in [1.29, 1.82) is 5.26 Å². The molecule has 1 unspecified atom stereocenters. The van der Waals surface area contributed by atoms with Gasteiger partial charge in [0, 0.05) is 5.02 Å². The molecule has 1 rings (SSSR count). The average Bonchev–Trinajstić information content (AvgIpc) is 2.16. The van der Waals surface area contributed by atoms with Gasteiger partial charge in [-0.2, -0.15) is 5.26 Å². The Kier molecular flexibility index (Phi) is 3.33. The van der Waals surface area contributed by atoms with Gasteiger partial charge in [0.25, 0.3) is 0 Å². The van der Waals surface area contributed by atoms with Crippen molar-refractivity contribution in [1.82, 2.24) is 0 Å². The molecule has 1 atom stereocenters. The zero-order valence-electron chi connectivity index (χ0n) is 7.84. The van der Waals surface area contributed by atoms with Crippen LogP contribution in [0.1, 0.15) is 37.3 Å². The van der Waals surface area contributed by atoms with Crippen molar-refractivity contribution in [2.45, 2.75) is 26.2 Å². The van der Waals surface area contributed by atoms with Crippen molar-refractivity contribution in [2.75, 3.05) is 0 Å². The molecule has 1 aromatic rings. The first-order chi connectivity index (χ1) is 6.19. The van der Waals surface area contributed by atoms with Gasteiger partial charge in [-0.25, -0.2) is 0 Å². The lowest BCUT2D eigenvalue weighted by Gasteiger charge is -2.10. The molecule has 1 aromatic carbocycles. The molecule has 0 N–H and O–H groups in total. The summed E-state index contributed by atoms with van der Waals surface area (Å²) in [7, 11) is 0. The summed E-state index contributed by atoms with van der Waals surface area (Å²) in [6, 6.07) is 7.60. The second kappa shape index (κ2) is 4.30. The molecule has 0 bridgehead atoms. The van der Waals surface area contributed by atoms with Crippen molar-refractivity contribution in [2.24, 2.45) is 0 Å². The molecule has 0 spiro atoms. The fourth-order valence-electron chi connectivity index (χ4n) is 1.26. The Balaban J connectivity index is 3.17. The molecule has 0 aliphatic rings.